The van der Waals surface area contributed by atoms with E-state index in [1.165, 1.54) is 55.9 Å². The van der Waals surface area contributed by atoms with E-state index in [1.54, 1.807) is 0 Å². The molecule has 0 spiro atoms. The molecule has 0 rings (SSSR count). The van der Waals surface area contributed by atoms with Gasteiger partial charge in [-0.1, -0.05) is 0 Å². The van der Waals surface area contributed by atoms with Gasteiger partial charge >= 0.3 is 84.5 Å². The van der Waals surface area contributed by atoms with Gasteiger partial charge in [0.1, 0.15) is 0 Å². The van der Waals surface area contributed by atoms with Crippen molar-refractivity contribution in [3.63, 3.8) is 0 Å². The molecule has 0 amide bonds. The Morgan fingerprint density at radius 3 is 1.58 bits per heavy atom. The molecule has 0 fully saturated rings. The third-order valence-electron chi connectivity index (χ3n) is 2.10. The summed E-state index contributed by atoms with van der Waals surface area (Å²) in [6.07, 6.45) is 11.6. The summed E-state index contributed by atoms with van der Waals surface area (Å²) in [5.41, 5.74) is 0. The van der Waals surface area contributed by atoms with Crippen LogP contribution in [0.15, 0.2) is 0 Å². The quantitative estimate of drug-likeness (QED) is 0.401. The number of halogens is 1. The average molecular weight is 201 g/mol. The first kappa shape index (κ1) is 15.5. The van der Waals surface area contributed by atoms with Crippen LogP contribution in [0.25, 0.3) is 0 Å². The van der Waals surface area contributed by atoms with Crippen LogP contribution < -0.4 is 12.4 Å². The number of hydrogen-bond acceptors (Lipinski definition) is 0. The normalized spacial score (nSPS) is 9.58. The van der Waals surface area contributed by atoms with Crippen LogP contribution >= 0.6 is 0 Å². The van der Waals surface area contributed by atoms with Gasteiger partial charge in [0.05, 0.1) is 0 Å². The largest absolute Gasteiger partial charge is 1.00 e. The molecule has 0 aliphatic heterocycles. The van der Waals surface area contributed by atoms with E-state index in [0.29, 0.717) is 0 Å². The Morgan fingerprint density at radius 2 is 1.17 bits per heavy atom. The van der Waals surface area contributed by atoms with Gasteiger partial charge in [-0.3, -0.25) is 0 Å². The molecule has 0 N–H and O–H groups in total. The Labute approximate surface area is 96.7 Å². The van der Waals surface area contributed by atoms with E-state index in [2.05, 4.69) is 28.6 Å². The maximum Gasteiger partial charge on any atom is -1.00 e. The van der Waals surface area contributed by atoms with Crippen molar-refractivity contribution >= 4 is 21.7 Å². The standard InChI is InChI=1S/C10H21.ClH.Mg/c1-3-5-7-9-10-8-6-4-2;;/h1,3-10H2,2H3;1H;/q;;+1/p-1. The molecule has 12 heavy (non-hydrogen) atoms. The maximum atomic E-state index is 2.28. The minimum absolute atomic E-state index is 0. The van der Waals surface area contributed by atoms with Crippen LogP contribution in [0.3, 0.4) is 0 Å². The predicted octanol–water partition coefficient (Wildman–Crippen LogP) is 0.718. The van der Waals surface area contributed by atoms with E-state index in [1.807, 2.05) is 0 Å². The topological polar surface area (TPSA) is 0 Å². The van der Waals surface area contributed by atoms with E-state index < -0.39 is 0 Å². The average Bonchev–Trinajstić information content (AvgIpc) is 2.03. The van der Waals surface area contributed by atoms with Gasteiger partial charge in [-0.05, 0) is 0 Å². The van der Waals surface area contributed by atoms with Gasteiger partial charge in [0.15, 0.2) is 0 Å². The van der Waals surface area contributed by atoms with Crippen LogP contribution in [0.1, 0.15) is 58.3 Å². The fourth-order valence-corrected chi connectivity index (χ4v) is 1.66. The van der Waals surface area contributed by atoms with Gasteiger partial charge < -0.3 is 12.4 Å². The van der Waals surface area contributed by atoms with Crippen molar-refractivity contribution in [3.05, 3.63) is 0 Å². The monoisotopic (exact) mass is 200 g/mol. The van der Waals surface area contributed by atoms with Crippen molar-refractivity contribution in [2.75, 3.05) is 0 Å². The first-order valence-corrected chi connectivity index (χ1v) is 6.21. The fourth-order valence-electron chi connectivity index (χ4n) is 1.31. The molecule has 0 aliphatic carbocycles. The summed E-state index contributed by atoms with van der Waals surface area (Å²) in [5.74, 6) is 0. The number of hydrogen-bond donors (Lipinski definition) is 0. The first-order valence-electron chi connectivity index (χ1n) is 5.21. The van der Waals surface area contributed by atoms with Gasteiger partial charge in [0.2, 0.25) is 0 Å². The van der Waals surface area contributed by atoms with Crippen molar-refractivity contribution in [3.8, 4) is 0 Å². The van der Waals surface area contributed by atoms with E-state index in [0.717, 1.165) is 0 Å². The Morgan fingerprint density at radius 1 is 0.750 bits per heavy atom. The van der Waals surface area contributed by atoms with Crippen LogP contribution in [0, 0.1) is 0 Å². The van der Waals surface area contributed by atoms with E-state index in [-0.39, 0.29) is 12.4 Å². The number of unbranched alkanes of at least 4 members (excludes halogenated alkanes) is 7. The molecule has 0 aromatic rings. The molecule has 70 valence electrons. The van der Waals surface area contributed by atoms with Gasteiger partial charge in [0.25, 0.3) is 0 Å². The minimum Gasteiger partial charge on any atom is -1.00 e. The van der Waals surface area contributed by atoms with Crippen molar-refractivity contribution < 1.29 is 12.4 Å². The van der Waals surface area contributed by atoms with Crippen LogP contribution in [0.2, 0.25) is 4.55 Å². The molecule has 0 aliphatic rings. The summed E-state index contributed by atoms with van der Waals surface area (Å²) < 4.78 is 1.40. The zero-order valence-electron chi connectivity index (χ0n) is 8.45. The van der Waals surface area contributed by atoms with Crippen LogP contribution in [0.4, 0.5) is 0 Å². The van der Waals surface area contributed by atoms with Gasteiger partial charge in [-0.2, -0.15) is 0 Å². The number of rotatable bonds is 8. The Kier molecular flexibility index (Phi) is 18.9. The molecular formula is C10H21ClMg. The van der Waals surface area contributed by atoms with Crippen molar-refractivity contribution in [2.45, 2.75) is 62.8 Å². The molecule has 0 saturated carbocycles. The zero-order chi connectivity index (χ0) is 8.36. The van der Waals surface area contributed by atoms with E-state index in [4.69, 9.17) is 0 Å². The van der Waals surface area contributed by atoms with Crippen molar-refractivity contribution in [1.29, 1.82) is 0 Å². The molecule has 0 aromatic carbocycles. The van der Waals surface area contributed by atoms with Gasteiger partial charge in [-0.25, -0.2) is 0 Å². The molecule has 0 bridgehead atoms. The zero-order valence-corrected chi connectivity index (χ0v) is 10.6. The molecule has 0 nitrogen and oxygen atoms in total. The Bertz CT molecular complexity index is 58.9. The van der Waals surface area contributed by atoms with Crippen molar-refractivity contribution in [2.24, 2.45) is 0 Å². The third-order valence-corrected chi connectivity index (χ3v) is 2.60. The summed E-state index contributed by atoms with van der Waals surface area (Å²) in [6.45, 7) is 2.28. The van der Waals surface area contributed by atoms with Gasteiger partial charge in [-0.15, -0.1) is 0 Å². The molecule has 0 saturated heterocycles. The molecule has 0 heterocycles. The summed E-state index contributed by atoms with van der Waals surface area (Å²) in [7, 11) is 0. The summed E-state index contributed by atoms with van der Waals surface area (Å²) in [6, 6.07) is 0. The predicted molar refractivity (Wildman–Crippen MR) is 53.2 cm³/mol. The summed E-state index contributed by atoms with van der Waals surface area (Å²) >= 11 is 2.10. The first-order chi connectivity index (χ1) is 5.41. The van der Waals surface area contributed by atoms with E-state index in [9.17, 15) is 0 Å². The maximum absolute atomic E-state index is 2.28. The second-order valence-electron chi connectivity index (χ2n) is 3.33. The fraction of sp³-hybridized carbons (Fsp3) is 1.00. The van der Waals surface area contributed by atoms with Crippen LogP contribution in [-0.4, -0.2) is 21.7 Å². The van der Waals surface area contributed by atoms with Crippen LogP contribution in [0.5, 0.6) is 0 Å². The summed E-state index contributed by atoms with van der Waals surface area (Å²) in [5, 5.41) is 0. The minimum atomic E-state index is 0. The SMILES string of the molecule is CCCCCCCCC[CH2][Mg+].[Cl-]. The van der Waals surface area contributed by atoms with Gasteiger partial charge in [0, 0.05) is 0 Å². The van der Waals surface area contributed by atoms with E-state index >= 15 is 0 Å². The third kappa shape index (κ3) is 13.6. The Hall–Kier alpha value is 1.06. The molecule has 2 heteroatoms. The Balaban J connectivity index is 0. The summed E-state index contributed by atoms with van der Waals surface area (Å²) in [4.78, 5) is 0. The second kappa shape index (κ2) is 14.6. The molecular weight excluding hydrogens is 180 g/mol. The molecule has 0 radical (unpaired) electrons. The van der Waals surface area contributed by atoms with Crippen LogP contribution in [-0.2, 0) is 0 Å². The smallest absolute Gasteiger partial charge is 1.00 e. The second-order valence-corrected chi connectivity index (χ2v) is 4.04. The molecule has 0 atom stereocenters. The van der Waals surface area contributed by atoms with Crippen molar-refractivity contribution in [1.82, 2.24) is 0 Å². The molecule has 0 unspecified atom stereocenters. The molecule has 0 aromatic heterocycles.